The average Bonchev–Trinajstić information content (AvgIpc) is 1.75. The number of benzene rings is 4. The Labute approximate surface area is 524 Å². The number of ether oxygens (including phenoxy) is 4. The summed E-state index contributed by atoms with van der Waals surface area (Å²) < 4.78 is 25.9. The Bertz CT molecular complexity index is 3530. The van der Waals surface area contributed by atoms with Crippen molar-refractivity contribution in [3.05, 3.63) is 123 Å². The van der Waals surface area contributed by atoms with Gasteiger partial charge in [0.15, 0.2) is 23.3 Å². The summed E-state index contributed by atoms with van der Waals surface area (Å²) in [7, 11) is 0. The summed E-state index contributed by atoms with van der Waals surface area (Å²) in [4.78, 5) is 39.4. The summed E-state index contributed by atoms with van der Waals surface area (Å²) in [6.45, 7) is 18.0. The zero-order valence-electron chi connectivity index (χ0n) is 52.8. The van der Waals surface area contributed by atoms with E-state index in [-0.39, 0.29) is 0 Å². The molecule has 88 heavy (non-hydrogen) atoms. The quantitative estimate of drug-likeness (QED) is 0.0280. The van der Waals surface area contributed by atoms with Crippen LogP contribution in [0.3, 0.4) is 0 Å². The third-order valence-electron chi connectivity index (χ3n) is 17.0. The van der Waals surface area contributed by atoms with Gasteiger partial charge in [-0.3, -0.25) is 0 Å². The third kappa shape index (κ3) is 19.2. The first-order chi connectivity index (χ1) is 43.5. The highest BCUT2D eigenvalue weighted by Gasteiger charge is 2.24. The largest absolute Gasteiger partial charge is 0.494 e. The number of nitrogens with one attached hydrogen (secondary N) is 2. The van der Waals surface area contributed by atoms with Crippen LogP contribution in [0.5, 0.6) is 23.0 Å². The number of rotatable bonds is 44. The van der Waals surface area contributed by atoms with Gasteiger partial charge in [0.1, 0.15) is 45.6 Å². The first kappa shape index (κ1) is 64.9. The van der Waals surface area contributed by atoms with Crippen molar-refractivity contribution >= 4 is 44.1 Å². The van der Waals surface area contributed by atoms with Crippen LogP contribution in [0.4, 0.5) is 0 Å². The fourth-order valence-electron chi connectivity index (χ4n) is 11.9. The van der Waals surface area contributed by atoms with Crippen molar-refractivity contribution in [2.45, 2.75) is 205 Å². The summed E-state index contributed by atoms with van der Waals surface area (Å²) in [5.41, 5.74) is 5.82. The van der Waals surface area contributed by atoms with E-state index in [1.54, 1.807) is 0 Å². The average molecular weight is 1190 g/mol. The molecule has 9 rings (SSSR count). The van der Waals surface area contributed by atoms with E-state index in [0.717, 1.165) is 144 Å². The van der Waals surface area contributed by atoms with Crippen molar-refractivity contribution < 1.29 is 18.9 Å². The molecule has 0 amide bonds. The lowest BCUT2D eigenvalue weighted by atomic mass is 10.1. The second-order valence-corrected chi connectivity index (χ2v) is 24.0. The van der Waals surface area contributed by atoms with Crippen molar-refractivity contribution in [3.8, 4) is 68.5 Å². The van der Waals surface area contributed by atoms with Crippen LogP contribution >= 0.6 is 0 Å². The summed E-state index contributed by atoms with van der Waals surface area (Å²) in [6, 6.07) is 24.7. The van der Waals surface area contributed by atoms with Gasteiger partial charge < -0.3 is 28.9 Å². The van der Waals surface area contributed by atoms with E-state index in [9.17, 15) is 0 Å². The molecule has 2 aliphatic heterocycles. The van der Waals surface area contributed by atoms with Crippen LogP contribution in [0.15, 0.2) is 123 Å². The van der Waals surface area contributed by atoms with Gasteiger partial charge in [-0.05, 0) is 150 Å². The summed E-state index contributed by atoms with van der Waals surface area (Å²) in [5, 5.41) is 3.48. The molecule has 2 N–H and O–H groups in total. The highest BCUT2D eigenvalue weighted by Crippen LogP contribution is 2.40. The van der Waals surface area contributed by atoms with Crippen LogP contribution in [0.2, 0.25) is 0 Å². The molecule has 5 heterocycles. The first-order valence-corrected chi connectivity index (χ1v) is 33.9. The van der Waals surface area contributed by atoms with E-state index >= 15 is 0 Å². The minimum atomic E-state index is 0.513. The Kier molecular flexibility index (Phi) is 26.5. The van der Waals surface area contributed by atoms with Crippen molar-refractivity contribution in [2.75, 3.05) is 26.4 Å². The van der Waals surface area contributed by atoms with Crippen LogP contribution in [0, 0.1) is 0 Å². The fraction of sp³-hybridized carbons (Fsp3) is 0.474. The number of H-pyrrole nitrogens is 2. The molecule has 7 aromatic rings. The predicted molar refractivity (Wildman–Crippen MR) is 367 cm³/mol. The smallest absolute Gasteiger partial charge is 0.164 e. The molecule has 0 fully saturated rings. The van der Waals surface area contributed by atoms with Crippen LogP contribution < -0.4 is 18.9 Å². The first-order valence-electron chi connectivity index (χ1n) is 33.9. The molecule has 4 aromatic carbocycles. The van der Waals surface area contributed by atoms with Gasteiger partial charge in [-0.1, -0.05) is 153 Å². The molecule has 2 aliphatic rings. The molecular formula is C76H98N8O4. The lowest BCUT2D eigenvalue weighted by Crippen LogP contribution is -1.97. The molecule has 0 radical (unpaired) electrons. The van der Waals surface area contributed by atoms with Gasteiger partial charge in [-0.15, -0.1) is 26.3 Å². The van der Waals surface area contributed by atoms with Gasteiger partial charge in [0.2, 0.25) is 0 Å². The van der Waals surface area contributed by atoms with E-state index in [1.165, 1.54) is 128 Å². The third-order valence-corrected chi connectivity index (χ3v) is 17.0. The summed E-state index contributed by atoms with van der Waals surface area (Å²) >= 11 is 0. The minimum Gasteiger partial charge on any atom is -0.494 e. The molecule has 0 atom stereocenters. The van der Waals surface area contributed by atoms with Crippen molar-refractivity contribution in [1.29, 1.82) is 0 Å². The zero-order chi connectivity index (χ0) is 60.8. The molecule has 0 aliphatic carbocycles. The predicted octanol–water partition coefficient (Wildman–Crippen LogP) is 21.6. The number of fused-ring (bicyclic) bond motifs is 20. The molecule has 3 aromatic heterocycles. The molecule has 8 bridgehead atoms. The van der Waals surface area contributed by atoms with Crippen molar-refractivity contribution in [1.82, 2.24) is 39.9 Å². The van der Waals surface area contributed by atoms with Gasteiger partial charge in [0.25, 0.3) is 0 Å². The minimum absolute atomic E-state index is 0.513. The molecule has 0 unspecified atom stereocenters. The van der Waals surface area contributed by atoms with Gasteiger partial charge in [0, 0.05) is 43.8 Å². The molecule has 466 valence electrons. The number of hydrogen-bond donors (Lipinski definition) is 2. The number of aromatic nitrogens is 8. The zero-order valence-corrected chi connectivity index (χ0v) is 52.8. The van der Waals surface area contributed by atoms with Crippen LogP contribution in [0.1, 0.15) is 205 Å². The topological polar surface area (TPSA) is 146 Å². The number of allylic oxidation sites excluding steroid dienone is 4. The molecule has 12 nitrogen and oxygen atoms in total. The summed E-state index contributed by atoms with van der Waals surface area (Å²) in [6.07, 6.45) is 45.8. The van der Waals surface area contributed by atoms with Crippen molar-refractivity contribution in [3.63, 3.8) is 0 Å². The van der Waals surface area contributed by atoms with Gasteiger partial charge in [-0.25, -0.2) is 29.9 Å². The number of hydrogen-bond acceptors (Lipinski definition) is 10. The summed E-state index contributed by atoms with van der Waals surface area (Å²) in [5.74, 6) is 5.18. The SMILES string of the molecule is C=CCCCCCCCCCOc1ccc2c(c1)-c1nc-2nc2[nH]c(nc3nc(nc4[nH]c(n1)c1ccc(OCCCCCCCCCC=C)cc41)-c1cc(OCCCCCCCCCC=C)ccc1-3)c1cc(OCCCCCCCCCC=C)ccc21. The van der Waals surface area contributed by atoms with E-state index in [2.05, 4.69) is 84.8 Å². The number of nitrogens with zero attached hydrogens (tertiary/aromatic N) is 6. The maximum atomic E-state index is 6.50. The lowest BCUT2D eigenvalue weighted by molar-refractivity contribution is 0.304. The Morgan fingerprint density at radius 1 is 0.261 bits per heavy atom. The molecule has 12 heteroatoms. The molecule has 0 saturated carbocycles. The number of unbranched alkanes of at least 4 members (excludes halogenated alkanes) is 28. The van der Waals surface area contributed by atoms with E-state index in [0.29, 0.717) is 72.3 Å². The fourth-order valence-corrected chi connectivity index (χ4v) is 11.9. The second kappa shape index (κ2) is 36.0. The highest BCUT2D eigenvalue weighted by molar-refractivity contribution is 6.07. The molecule has 0 saturated heterocycles. The molecule has 0 spiro atoms. The highest BCUT2D eigenvalue weighted by atomic mass is 16.5. The van der Waals surface area contributed by atoms with Gasteiger partial charge >= 0.3 is 0 Å². The Hall–Kier alpha value is -7.60. The second-order valence-electron chi connectivity index (χ2n) is 24.0. The van der Waals surface area contributed by atoms with Crippen LogP contribution in [0.25, 0.3) is 89.7 Å². The van der Waals surface area contributed by atoms with E-state index in [4.69, 9.17) is 48.9 Å². The monoisotopic (exact) mass is 1190 g/mol. The van der Waals surface area contributed by atoms with Crippen molar-refractivity contribution in [2.24, 2.45) is 0 Å². The van der Waals surface area contributed by atoms with E-state index < -0.39 is 0 Å². The standard InChI is InChI=1S/C76H98N8O4/c1-5-9-13-17-21-25-29-33-37-49-85-57-41-45-61-65(53-57)73-78-69(61)77-70-62-46-42-58(86-50-38-34-30-26-22-18-14-10-6-2)54-66(62)74(79-70)81-72-64-48-44-60(88-52-40-36-32-28-24-20-16-12-8-4)56-68(64)76(83-72)84-75-67-55-59(43-47-63(67)71(80-73)82-75)87-51-39-35-31-27-23-19-15-11-7-3/h5-8,41-48,53-56H,1-4,9-40,49-52H2,(H2,77,78,79,80,81,82,83,84). The van der Waals surface area contributed by atoms with E-state index in [1.807, 2.05) is 48.6 Å². The number of aromatic amines is 2. The Morgan fingerprint density at radius 2 is 0.511 bits per heavy atom. The Morgan fingerprint density at radius 3 is 0.818 bits per heavy atom. The van der Waals surface area contributed by atoms with Gasteiger partial charge in [0.05, 0.1) is 26.4 Å². The Balaban J connectivity index is 1.07. The van der Waals surface area contributed by atoms with Crippen LogP contribution in [-0.4, -0.2) is 66.3 Å². The normalized spacial score (nSPS) is 11.6. The van der Waals surface area contributed by atoms with Gasteiger partial charge in [-0.2, -0.15) is 0 Å². The lowest BCUT2D eigenvalue weighted by Gasteiger charge is -2.08. The maximum Gasteiger partial charge on any atom is 0.164 e. The van der Waals surface area contributed by atoms with Crippen LogP contribution in [-0.2, 0) is 0 Å². The molecular weight excluding hydrogens is 1090 g/mol. The maximum absolute atomic E-state index is 6.50.